The summed E-state index contributed by atoms with van der Waals surface area (Å²) >= 11 is 5.92. The zero-order valence-corrected chi connectivity index (χ0v) is 12.8. The zero-order valence-electron chi connectivity index (χ0n) is 12.0. The summed E-state index contributed by atoms with van der Waals surface area (Å²) in [4.78, 5) is 11.9. The molecule has 20 heavy (non-hydrogen) atoms. The lowest BCUT2D eigenvalue weighted by Gasteiger charge is -2.22. The first-order valence-electron chi connectivity index (χ1n) is 7.44. The van der Waals surface area contributed by atoms with E-state index in [4.69, 9.17) is 11.6 Å². The van der Waals surface area contributed by atoms with Crippen molar-refractivity contribution in [1.29, 1.82) is 0 Å². The number of benzene rings is 1. The molecule has 110 valence electrons. The fourth-order valence-corrected chi connectivity index (χ4v) is 2.91. The van der Waals surface area contributed by atoms with Crippen molar-refractivity contribution in [2.75, 3.05) is 11.9 Å². The first-order valence-corrected chi connectivity index (χ1v) is 7.82. The Morgan fingerprint density at radius 2 is 2.05 bits per heavy atom. The Balaban J connectivity index is 1.70. The number of anilines is 1. The van der Waals surface area contributed by atoms with Crippen LogP contribution in [-0.4, -0.2) is 18.5 Å². The Bertz CT molecular complexity index is 456. The van der Waals surface area contributed by atoms with Crippen molar-refractivity contribution in [1.82, 2.24) is 5.32 Å². The van der Waals surface area contributed by atoms with Gasteiger partial charge in [-0.15, -0.1) is 0 Å². The molecule has 1 aromatic carbocycles. The van der Waals surface area contributed by atoms with Gasteiger partial charge >= 0.3 is 0 Å². The third-order valence-corrected chi connectivity index (χ3v) is 4.06. The van der Waals surface area contributed by atoms with Gasteiger partial charge in [-0.05, 0) is 43.5 Å². The first-order chi connectivity index (χ1) is 9.65. The van der Waals surface area contributed by atoms with Crippen LogP contribution in [-0.2, 0) is 4.79 Å². The highest BCUT2D eigenvalue weighted by atomic mass is 35.5. The minimum Gasteiger partial charge on any atom is -0.384 e. The van der Waals surface area contributed by atoms with Gasteiger partial charge in [0.05, 0.1) is 0 Å². The summed E-state index contributed by atoms with van der Waals surface area (Å²) in [6, 6.07) is 6.13. The topological polar surface area (TPSA) is 41.1 Å². The lowest BCUT2D eigenvalue weighted by molar-refractivity contribution is -0.121. The molecule has 2 rings (SSSR count). The Labute approximate surface area is 126 Å². The molecule has 0 heterocycles. The fraction of sp³-hybridized carbons (Fsp3) is 0.562. The lowest BCUT2D eigenvalue weighted by atomic mass is 9.95. The molecule has 0 aliphatic heterocycles. The highest BCUT2D eigenvalue weighted by Gasteiger charge is 2.15. The molecule has 1 aromatic rings. The summed E-state index contributed by atoms with van der Waals surface area (Å²) in [5.74, 6) is 0.149. The van der Waals surface area contributed by atoms with Crippen molar-refractivity contribution < 1.29 is 4.79 Å². The van der Waals surface area contributed by atoms with E-state index in [1.54, 1.807) is 0 Å². The zero-order chi connectivity index (χ0) is 14.4. The van der Waals surface area contributed by atoms with Crippen LogP contribution < -0.4 is 10.6 Å². The number of rotatable bonds is 5. The molecule has 0 unspecified atom stereocenters. The third kappa shape index (κ3) is 4.71. The fourth-order valence-electron chi connectivity index (χ4n) is 2.68. The average molecular weight is 295 g/mol. The van der Waals surface area contributed by atoms with Crippen molar-refractivity contribution in [2.45, 2.75) is 51.5 Å². The molecular weight excluding hydrogens is 272 g/mol. The van der Waals surface area contributed by atoms with Crippen LogP contribution in [0.5, 0.6) is 0 Å². The van der Waals surface area contributed by atoms with Crippen LogP contribution in [0.2, 0.25) is 5.02 Å². The molecule has 3 nitrogen and oxygen atoms in total. The van der Waals surface area contributed by atoms with Gasteiger partial charge in [0, 0.05) is 29.7 Å². The second kappa shape index (κ2) is 7.53. The van der Waals surface area contributed by atoms with Crippen LogP contribution in [0.15, 0.2) is 18.2 Å². The summed E-state index contributed by atoms with van der Waals surface area (Å²) in [7, 11) is 0. The van der Waals surface area contributed by atoms with Crippen molar-refractivity contribution in [3.8, 4) is 0 Å². The number of carbonyl (C=O) groups is 1. The summed E-state index contributed by atoms with van der Waals surface area (Å²) in [5, 5.41) is 7.16. The molecule has 0 radical (unpaired) electrons. The molecule has 1 aliphatic carbocycles. The van der Waals surface area contributed by atoms with E-state index in [1.807, 2.05) is 25.1 Å². The number of hydrogen-bond acceptors (Lipinski definition) is 2. The van der Waals surface area contributed by atoms with Gasteiger partial charge in [-0.25, -0.2) is 0 Å². The number of aryl methyl sites for hydroxylation is 1. The Kier molecular flexibility index (Phi) is 5.72. The highest BCUT2D eigenvalue weighted by molar-refractivity contribution is 6.30. The molecular formula is C16H23ClN2O. The van der Waals surface area contributed by atoms with E-state index in [0.717, 1.165) is 29.1 Å². The van der Waals surface area contributed by atoms with Gasteiger partial charge in [0.2, 0.25) is 5.91 Å². The maximum Gasteiger partial charge on any atom is 0.221 e. The number of amides is 1. The smallest absolute Gasteiger partial charge is 0.221 e. The van der Waals surface area contributed by atoms with E-state index < -0.39 is 0 Å². The van der Waals surface area contributed by atoms with E-state index in [2.05, 4.69) is 10.6 Å². The van der Waals surface area contributed by atoms with Crippen LogP contribution in [0.3, 0.4) is 0 Å². The van der Waals surface area contributed by atoms with Crippen LogP contribution in [0, 0.1) is 6.92 Å². The van der Waals surface area contributed by atoms with E-state index in [-0.39, 0.29) is 5.91 Å². The summed E-state index contributed by atoms with van der Waals surface area (Å²) in [6.07, 6.45) is 6.58. The van der Waals surface area contributed by atoms with Crippen molar-refractivity contribution in [3.63, 3.8) is 0 Å². The predicted octanol–water partition coefficient (Wildman–Crippen LogP) is 3.90. The monoisotopic (exact) mass is 294 g/mol. The molecule has 0 spiro atoms. The van der Waals surface area contributed by atoms with E-state index >= 15 is 0 Å². The van der Waals surface area contributed by atoms with Gasteiger partial charge in [0.25, 0.3) is 0 Å². The molecule has 4 heteroatoms. The van der Waals surface area contributed by atoms with Gasteiger partial charge in [-0.2, -0.15) is 0 Å². The Morgan fingerprint density at radius 3 is 2.75 bits per heavy atom. The van der Waals surface area contributed by atoms with Crippen LogP contribution in [0.25, 0.3) is 0 Å². The quantitative estimate of drug-likeness (QED) is 0.865. The summed E-state index contributed by atoms with van der Waals surface area (Å²) in [5.41, 5.74) is 2.14. The second-order valence-corrected chi connectivity index (χ2v) is 5.97. The van der Waals surface area contributed by atoms with E-state index in [1.165, 1.54) is 19.3 Å². The minimum atomic E-state index is 0.149. The molecule has 1 amide bonds. The van der Waals surface area contributed by atoms with Crippen molar-refractivity contribution >= 4 is 23.2 Å². The number of hydrogen-bond donors (Lipinski definition) is 2. The van der Waals surface area contributed by atoms with Crippen LogP contribution in [0.1, 0.15) is 44.1 Å². The van der Waals surface area contributed by atoms with Crippen molar-refractivity contribution in [3.05, 3.63) is 28.8 Å². The molecule has 1 saturated carbocycles. The molecule has 2 N–H and O–H groups in total. The lowest BCUT2D eigenvalue weighted by Crippen LogP contribution is -2.36. The second-order valence-electron chi connectivity index (χ2n) is 5.54. The summed E-state index contributed by atoms with van der Waals surface area (Å²) < 4.78 is 0. The largest absolute Gasteiger partial charge is 0.384 e. The molecule has 1 fully saturated rings. The van der Waals surface area contributed by atoms with Gasteiger partial charge in [-0.1, -0.05) is 30.9 Å². The van der Waals surface area contributed by atoms with Gasteiger partial charge in [0.15, 0.2) is 0 Å². The first kappa shape index (κ1) is 15.2. The molecule has 0 aromatic heterocycles. The van der Waals surface area contributed by atoms with E-state index in [9.17, 15) is 4.79 Å². The van der Waals surface area contributed by atoms with Gasteiger partial charge in [-0.3, -0.25) is 4.79 Å². The molecule has 1 aliphatic rings. The van der Waals surface area contributed by atoms with Gasteiger partial charge < -0.3 is 10.6 Å². The Hall–Kier alpha value is -1.22. The summed E-state index contributed by atoms with van der Waals surface area (Å²) in [6.45, 7) is 2.66. The maximum atomic E-state index is 11.9. The Morgan fingerprint density at radius 1 is 1.30 bits per heavy atom. The minimum absolute atomic E-state index is 0.149. The van der Waals surface area contributed by atoms with Crippen molar-refractivity contribution in [2.24, 2.45) is 0 Å². The maximum absolute atomic E-state index is 11.9. The molecule has 0 bridgehead atoms. The van der Waals surface area contributed by atoms with Crippen LogP contribution in [0.4, 0.5) is 5.69 Å². The SMILES string of the molecule is Cc1cc(Cl)ccc1NCCC(=O)NC1CCCCC1. The highest BCUT2D eigenvalue weighted by Crippen LogP contribution is 2.19. The van der Waals surface area contributed by atoms with Crippen LogP contribution >= 0.6 is 11.6 Å². The van der Waals surface area contributed by atoms with Gasteiger partial charge in [0.1, 0.15) is 0 Å². The number of halogens is 1. The molecule has 0 saturated heterocycles. The van der Waals surface area contributed by atoms with E-state index in [0.29, 0.717) is 19.0 Å². The number of nitrogens with one attached hydrogen (secondary N) is 2. The molecule has 0 atom stereocenters. The predicted molar refractivity (Wildman–Crippen MR) is 84.3 cm³/mol. The average Bonchev–Trinajstić information content (AvgIpc) is 2.42. The third-order valence-electron chi connectivity index (χ3n) is 3.83. The normalized spacial score (nSPS) is 15.9. The number of carbonyl (C=O) groups excluding carboxylic acids is 1. The standard InChI is InChI=1S/C16H23ClN2O/c1-12-11-13(17)7-8-15(12)18-10-9-16(20)19-14-5-3-2-4-6-14/h7-8,11,14,18H,2-6,9-10H2,1H3,(H,19,20).